The van der Waals surface area contributed by atoms with E-state index >= 15 is 0 Å². The molecular weight excluding hydrogens is 390 g/mol. The number of rotatable bonds is 6. The van der Waals surface area contributed by atoms with Crippen LogP contribution < -0.4 is 5.56 Å². The van der Waals surface area contributed by atoms with Crippen molar-refractivity contribution in [3.8, 4) is 0 Å². The molecule has 2 atom stereocenters. The number of aryl methyl sites for hydroxylation is 1. The Bertz CT molecular complexity index is 1110. The van der Waals surface area contributed by atoms with Gasteiger partial charge in [-0.05, 0) is 32.4 Å². The van der Waals surface area contributed by atoms with Gasteiger partial charge in [-0.1, -0.05) is 6.07 Å². The Labute approximate surface area is 182 Å². The fraction of sp³-hybridized carbons (Fsp3) is 0.478. The minimum Gasteiger partial charge on any atom is -0.345 e. The van der Waals surface area contributed by atoms with Gasteiger partial charge < -0.3 is 9.55 Å². The summed E-state index contributed by atoms with van der Waals surface area (Å²) in [6.07, 6.45) is 8.30. The normalized spacial score (nSPS) is 20.7. The van der Waals surface area contributed by atoms with E-state index in [-0.39, 0.29) is 5.56 Å². The van der Waals surface area contributed by atoms with Crippen LogP contribution in [-0.2, 0) is 26.2 Å². The van der Waals surface area contributed by atoms with E-state index in [1.54, 1.807) is 12.4 Å². The Morgan fingerprint density at radius 1 is 1.13 bits per heavy atom. The van der Waals surface area contributed by atoms with Gasteiger partial charge in [0.25, 0.3) is 5.56 Å². The van der Waals surface area contributed by atoms with Gasteiger partial charge >= 0.3 is 0 Å². The van der Waals surface area contributed by atoms with Gasteiger partial charge in [-0.3, -0.25) is 24.6 Å². The van der Waals surface area contributed by atoms with Crippen molar-refractivity contribution < 1.29 is 0 Å². The molecule has 1 N–H and O–H groups in total. The molecule has 5 rings (SSSR count). The van der Waals surface area contributed by atoms with E-state index in [1.165, 1.54) is 5.69 Å². The second kappa shape index (κ2) is 8.36. The molecule has 0 spiro atoms. The number of fused-ring (bicyclic) bond motifs is 4. The fourth-order valence-corrected chi connectivity index (χ4v) is 5.13. The highest BCUT2D eigenvalue weighted by Gasteiger charge is 2.35. The van der Waals surface area contributed by atoms with Gasteiger partial charge in [-0.2, -0.15) is 0 Å². The Balaban J connectivity index is 1.30. The number of likely N-dealkylation sites (tertiary alicyclic amines) is 1. The fourth-order valence-electron chi connectivity index (χ4n) is 5.13. The van der Waals surface area contributed by atoms with Crippen molar-refractivity contribution in [2.45, 2.75) is 45.4 Å². The molecule has 1 fully saturated rings. The van der Waals surface area contributed by atoms with Crippen LogP contribution in [0.1, 0.15) is 40.8 Å². The number of nitrogens with zero attached hydrogens (tertiary/aromatic N) is 6. The molecule has 8 nitrogen and oxygen atoms in total. The topological polar surface area (TPSA) is 82.9 Å². The summed E-state index contributed by atoms with van der Waals surface area (Å²) in [5.41, 5.74) is 4.25. The minimum absolute atomic E-state index is 0.164. The number of hydrogen-bond donors (Lipinski definition) is 1. The number of nitrogens with one attached hydrogen (secondary N) is 1. The standard InChI is InChI=1S/C23H29N7O/c1-16-8-26-22(27-16)15-28(2)12-18-3-4-21-19-7-17(11-30(21)23(18)31)10-29(13-19)14-20-9-24-5-6-25-20/h3-6,8-9,17,19H,7,10-15H2,1-2H3,(H,26,27)/t17-,19+/m0/s1. The van der Waals surface area contributed by atoms with Crippen LogP contribution in [0.25, 0.3) is 0 Å². The zero-order valence-electron chi connectivity index (χ0n) is 18.2. The molecule has 5 heterocycles. The van der Waals surface area contributed by atoms with Crippen molar-refractivity contribution in [2.24, 2.45) is 5.92 Å². The van der Waals surface area contributed by atoms with Gasteiger partial charge in [0.1, 0.15) is 5.82 Å². The van der Waals surface area contributed by atoms with Crippen LogP contribution in [-0.4, -0.2) is 54.4 Å². The second-order valence-electron chi connectivity index (χ2n) is 9.07. The number of aromatic amines is 1. The van der Waals surface area contributed by atoms with Crippen molar-refractivity contribution >= 4 is 0 Å². The monoisotopic (exact) mass is 419 g/mol. The first-order valence-electron chi connectivity index (χ1n) is 10.9. The summed E-state index contributed by atoms with van der Waals surface area (Å²) < 4.78 is 2.04. The zero-order chi connectivity index (χ0) is 21.4. The van der Waals surface area contributed by atoms with E-state index in [0.717, 1.165) is 55.4 Å². The SMILES string of the molecule is Cc1cnc(CN(C)Cc2ccc3n(c2=O)C[C@H]2C[C@@H]3CN(Cc3cnccn3)C2)[nH]1. The maximum atomic E-state index is 13.3. The summed E-state index contributed by atoms with van der Waals surface area (Å²) >= 11 is 0. The number of H-pyrrole nitrogens is 1. The van der Waals surface area contributed by atoms with Crippen LogP contribution in [0.3, 0.4) is 0 Å². The molecule has 0 amide bonds. The average Bonchev–Trinajstić information content (AvgIpc) is 3.15. The number of imidazole rings is 1. The predicted molar refractivity (Wildman–Crippen MR) is 117 cm³/mol. The highest BCUT2D eigenvalue weighted by molar-refractivity contribution is 5.22. The summed E-state index contributed by atoms with van der Waals surface area (Å²) in [5, 5.41) is 0. The van der Waals surface area contributed by atoms with Crippen molar-refractivity contribution in [3.63, 3.8) is 0 Å². The lowest BCUT2D eigenvalue weighted by atomic mass is 9.83. The molecule has 2 aliphatic rings. The largest absolute Gasteiger partial charge is 0.345 e. The highest BCUT2D eigenvalue weighted by Crippen LogP contribution is 2.35. The Kier molecular flexibility index (Phi) is 5.41. The molecule has 0 unspecified atom stereocenters. The molecule has 3 aromatic rings. The van der Waals surface area contributed by atoms with Crippen molar-refractivity contribution in [1.29, 1.82) is 0 Å². The molecule has 0 radical (unpaired) electrons. The third-order valence-electron chi connectivity index (χ3n) is 6.38. The number of hydrogen-bond acceptors (Lipinski definition) is 6. The first-order valence-corrected chi connectivity index (χ1v) is 10.9. The van der Waals surface area contributed by atoms with Crippen molar-refractivity contribution in [1.82, 2.24) is 34.3 Å². The molecule has 2 aliphatic heterocycles. The van der Waals surface area contributed by atoms with Gasteiger partial charge in [0.2, 0.25) is 0 Å². The maximum Gasteiger partial charge on any atom is 0.255 e. The van der Waals surface area contributed by atoms with E-state index in [9.17, 15) is 4.79 Å². The molecule has 0 saturated carbocycles. The van der Waals surface area contributed by atoms with Gasteiger partial charge in [0, 0.05) is 80.4 Å². The quantitative estimate of drug-likeness (QED) is 0.657. The molecule has 3 aromatic heterocycles. The molecule has 8 heteroatoms. The lowest BCUT2D eigenvalue weighted by Crippen LogP contribution is -2.47. The summed E-state index contributed by atoms with van der Waals surface area (Å²) in [6, 6.07) is 4.20. The second-order valence-corrected chi connectivity index (χ2v) is 9.07. The number of pyridine rings is 1. The molecule has 31 heavy (non-hydrogen) atoms. The van der Waals surface area contributed by atoms with E-state index in [2.05, 4.69) is 35.8 Å². The summed E-state index contributed by atoms with van der Waals surface area (Å²) in [4.78, 5) is 34.1. The Morgan fingerprint density at radius 3 is 2.81 bits per heavy atom. The minimum atomic E-state index is 0.164. The van der Waals surface area contributed by atoms with Gasteiger partial charge in [0.15, 0.2) is 0 Å². The molecule has 162 valence electrons. The van der Waals surface area contributed by atoms with E-state index in [0.29, 0.717) is 24.9 Å². The maximum absolute atomic E-state index is 13.3. The third kappa shape index (κ3) is 4.31. The predicted octanol–water partition coefficient (Wildman–Crippen LogP) is 1.92. The lowest BCUT2D eigenvalue weighted by molar-refractivity contribution is 0.113. The van der Waals surface area contributed by atoms with Crippen LogP contribution in [0.4, 0.5) is 0 Å². The number of aromatic nitrogens is 5. The first kappa shape index (κ1) is 20.1. The molecule has 1 saturated heterocycles. The molecule has 0 aromatic carbocycles. The molecule has 0 aliphatic carbocycles. The Hall–Kier alpha value is -2.84. The summed E-state index contributed by atoms with van der Waals surface area (Å²) in [5.74, 6) is 1.82. The molecular formula is C23H29N7O. The highest BCUT2D eigenvalue weighted by atomic mass is 16.1. The van der Waals surface area contributed by atoms with Gasteiger partial charge in [-0.15, -0.1) is 0 Å². The van der Waals surface area contributed by atoms with Crippen molar-refractivity contribution in [3.05, 3.63) is 75.7 Å². The zero-order valence-corrected chi connectivity index (χ0v) is 18.2. The van der Waals surface area contributed by atoms with E-state index < -0.39 is 0 Å². The van der Waals surface area contributed by atoms with E-state index in [4.69, 9.17) is 0 Å². The van der Waals surface area contributed by atoms with E-state index in [1.807, 2.05) is 37.0 Å². The third-order valence-corrected chi connectivity index (χ3v) is 6.38. The smallest absolute Gasteiger partial charge is 0.255 e. The number of piperidine rings is 1. The van der Waals surface area contributed by atoms with Crippen LogP contribution in [0, 0.1) is 12.8 Å². The van der Waals surface area contributed by atoms with Crippen molar-refractivity contribution in [2.75, 3.05) is 20.1 Å². The first-order chi connectivity index (χ1) is 15.0. The van der Waals surface area contributed by atoms with Gasteiger partial charge in [-0.25, -0.2) is 4.98 Å². The van der Waals surface area contributed by atoms with Crippen LogP contribution >= 0.6 is 0 Å². The van der Waals surface area contributed by atoms with Gasteiger partial charge in [0.05, 0.1) is 12.2 Å². The molecule has 2 bridgehead atoms. The van der Waals surface area contributed by atoms with Crippen LogP contribution in [0.5, 0.6) is 0 Å². The van der Waals surface area contributed by atoms with Crippen LogP contribution in [0.15, 0.2) is 41.7 Å². The summed E-state index contributed by atoms with van der Waals surface area (Å²) in [7, 11) is 2.03. The summed E-state index contributed by atoms with van der Waals surface area (Å²) in [6.45, 7) is 6.89. The lowest BCUT2D eigenvalue weighted by Gasteiger charge is -2.42. The Morgan fingerprint density at radius 2 is 2.03 bits per heavy atom. The average molecular weight is 420 g/mol. The van der Waals surface area contributed by atoms with Crippen LogP contribution in [0.2, 0.25) is 0 Å².